The summed E-state index contributed by atoms with van der Waals surface area (Å²) in [5.41, 5.74) is 0. The first-order chi connectivity index (χ1) is 8.77. The van der Waals surface area contributed by atoms with Crippen molar-refractivity contribution in [1.82, 2.24) is 4.98 Å². The molecule has 90 valence electrons. The number of fused-ring (bicyclic) bond motifs is 5. The highest BCUT2D eigenvalue weighted by Crippen LogP contribution is 2.52. The van der Waals surface area contributed by atoms with Gasteiger partial charge in [-0.2, -0.15) is 0 Å². The van der Waals surface area contributed by atoms with E-state index in [4.69, 9.17) is 0 Å². The third kappa shape index (κ3) is 1.08. The molecule has 3 aliphatic rings. The van der Waals surface area contributed by atoms with Gasteiger partial charge in [0.2, 0.25) is 11.8 Å². The Morgan fingerprint density at radius 2 is 1.72 bits per heavy atom. The molecule has 2 fully saturated rings. The number of carbonyl (C=O) groups excluding carboxylic acids is 2. The molecule has 0 aromatic carbocycles. The van der Waals surface area contributed by atoms with Crippen LogP contribution in [0.25, 0.3) is 0 Å². The topological polar surface area (TPSA) is 50.3 Å². The van der Waals surface area contributed by atoms with Crippen LogP contribution in [0.5, 0.6) is 0 Å². The molecule has 2 heterocycles. The number of amides is 2. The summed E-state index contributed by atoms with van der Waals surface area (Å²) < 4.78 is 0. The molecule has 1 saturated carbocycles. The Morgan fingerprint density at radius 3 is 2.28 bits per heavy atom. The first kappa shape index (κ1) is 10.00. The largest absolute Gasteiger partial charge is 0.274 e. The van der Waals surface area contributed by atoms with Crippen molar-refractivity contribution in [2.45, 2.75) is 6.42 Å². The van der Waals surface area contributed by atoms with E-state index in [9.17, 15) is 9.59 Å². The molecule has 0 N–H and O–H groups in total. The fourth-order valence-corrected chi connectivity index (χ4v) is 3.61. The van der Waals surface area contributed by atoms with Crippen LogP contribution in [0.4, 0.5) is 5.82 Å². The van der Waals surface area contributed by atoms with Crippen molar-refractivity contribution in [2.24, 2.45) is 23.7 Å². The third-order valence-electron chi connectivity index (χ3n) is 4.35. The lowest BCUT2D eigenvalue weighted by Gasteiger charge is -2.15. The van der Waals surface area contributed by atoms with Crippen molar-refractivity contribution in [3.63, 3.8) is 0 Å². The Hall–Kier alpha value is -1.97. The van der Waals surface area contributed by atoms with Gasteiger partial charge in [-0.25, -0.2) is 9.88 Å². The van der Waals surface area contributed by atoms with Crippen molar-refractivity contribution < 1.29 is 9.59 Å². The number of imide groups is 1. The van der Waals surface area contributed by atoms with Crippen LogP contribution in [-0.2, 0) is 9.59 Å². The SMILES string of the molecule is O=C1[C@@H]2[C@H](C(=O)N1c1ccccn1)[C@H]1C=C[C@@H]2C1. The Balaban J connectivity index is 1.77. The van der Waals surface area contributed by atoms with Crippen LogP contribution in [0.2, 0.25) is 0 Å². The predicted molar refractivity (Wildman–Crippen MR) is 64.4 cm³/mol. The Kier molecular flexibility index (Phi) is 1.82. The van der Waals surface area contributed by atoms with Crippen molar-refractivity contribution in [2.75, 3.05) is 4.90 Å². The van der Waals surface area contributed by atoms with E-state index in [1.54, 1.807) is 24.4 Å². The summed E-state index contributed by atoms with van der Waals surface area (Å²) in [6.45, 7) is 0. The van der Waals surface area contributed by atoms with E-state index in [2.05, 4.69) is 17.1 Å². The molecule has 18 heavy (non-hydrogen) atoms. The minimum absolute atomic E-state index is 0.0689. The lowest BCUT2D eigenvalue weighted by atomic mass is 9.85. The van der Waals surface area contributed by atoms with Crippen molar-refractivity contribution >= 4 is 17.6 Å². The molecule has 4 atom stereocenters. The molecular formula is C14H12N2O2. The molecule has 1 aromatic heterocycles. The molecule has 0 radical (unpaired) electrons. The van der Waals surface area contributed by atoms with Gasteiger partial charge < -0.3 is 0 Å². The summed E-state index contributed by atoms with van der Waals surface area (Å²) in [6, 6.07) is 5.29. The van der Waals surface area contributed by atoms with E-state index in [1.165, 1.54) is 4.90 Å². The van der Waals surface area contributed by atoms with E-state index >= 15 is 0 Å². The number of hydrogen-bond donors (Lipinski definition) is 0. The van der Waals surface area contributed by atoms with Gasteiger partial charge >= 0.3 is 0 Å². The summed E-state index contributed by atoms with van der Waals surface area (Å²) in [4.78, 5) is 30.2. The monoisotopic (exact) mass is 240 g/mol. The highest BCUT2D eigenvalue weighted by molar-refractivity contribution is 6.22. The maximum atomic E-state index is 12.4. The average molecular weight is 240 g/mol. The number of hydrogen-bond acceptors (Lipinski definition) is 3. The van der Waals surface area contributed by atoms with Gasteiger partial charge in [0.25, 0.3) is 0 Å². The van der Waals surface area contributed by atoms with Crippen molar-refractivity contribution in [1.29, 1.82) is 0 Å². The number of pyridine rings is 1. The summed E-state index contributed by atoms with van der Waals surface area (Å²) >= 11 is 0. The third-order valence-corrected chi connectivity index (χ3v) is 4.35. The number of anilines is 1. The van der Waals surface area contributed by atoms with E-state index < -0.39 is 0 Å². The number of nitrogens with zero attached hydrogens (tertiary/aromatic N) is 2. The van der Waals surface area contributed by atoms with Gasteiger partial charge in [-0.15, -0.1) is 0 Å². The lowest BCUT2D eigenvalue weighted by molar-refractivity contribution is -0.123. The molecule has 2 aliphatic carbocycles. The van der Waals surface area contributed by atoms with E-state index in [0.29, 0.717) is 5.82 Å². The summed E-state index contributed by atoms with van der Waals surface area (Å²) in [7, 11) is 0. The van der Waals surface area contributed by atoms with E-state index in [0.717, 1.165) is 6.42 Å². The quantitative estimate of drug-likeness (QED) is 0.550. The number of aromatic nitrogens is 1. The average Bonchev–Trinajstić information content (AvgIpc) is 3.05. The highest BCUT2D eigenvalue weighted by atomic mass is 16.2. The number of rotatable bonds is 1. The Morgan fingerprint density at radius 1 is 1.06 bits per heavy atom. The van der Waals surface area contributed by atoms with Gasteiger partial charge in [-0.05, 0) is 30.4 Å². The predicted octanol–water partition coefficient (Wildman–Crippen LogP) is 1.39. The second-order valence-electron chi connectivity index (χ2n) is 5.20. The fraction of sp³-hybridized carbons (Fsp3) is 0.357. The zero-order valence-corrected chi connectivity index (χ0v) is 9.69. The van der Waals surface area contributed by atoms with Gasteiger partial charge in [-0.1, -0.05) is 18.2 Å². The smallest absolute Gasteiger partial charge is 0.239 e. The molecule has 2 amide bonds. The number of carbonyl (C=O) groups is 2. The molecular weight excluding hydrogens is 228 g/mol. The maximum Gasteiger partial charge on any atom is 0.239 e. The zero-order chi connectivity index (χ0) is 12.3. The molecule has 4 heteroatoms. The van der Waals surface area contributed by atoms with Crippen LogP contribution in [0, 0.1) is 23.7 Å². The van der Waals surface area contributed by atoms with Crippen LogP contribution in [0.1, 0.15) is 6.42 Å². The summed E-state index contributed by atoms with van der Waals surface area (Å²) in [5.74, 6) is 0.543. The van der Waals surface area contributed by atoms with Crippen LogP contribution in [-0.4, -0.2) is 16.8 Å². The highest BCUT2D eigenvalue weighted by Gasteiger charge is 2.59. The van der Waals surface area contributed by atoms with Gasteiger partial charge in [0, 0.05) is 6.20 Å². The van der Waals surface area contributed by atoms with Gasteiger partial charge in [0.15, 0.2) is 0 Å². The van der Waals surface area contributed by atoms with Crippen LogP contribution >= 0.6 is 0 Å². The number of allylic oxidation sites excluding steroid dienone is 2. The van der Waals surface area contributed by atoms with Crippen molar-refractivity contribution in [3.8, 4) is 0 Å². The molecule has 1 aliphatic heterocycles. The second kappa shape index (κ2) is 3.28. The molecule has 2 bridgehead atoms. The lowest BCUT2D eigenvalue weighted by Crippen LogP contribution is -2.33. The summed E-state index contributed by atoms with van der Waals surface area (Å²) in [5, 5.41) is 0. The Bertz CT molecular complexity index is 536. The standard InChI is InChI=1S/C14H12N2O2/c17-13-11-8-4-5-9(7-8)12(11)14(18)16(13)10-3-1-2-6-15-10/h1-6,8-9,11-12H,7H2/t8-,9+,11+,12-. The molecule has 1 saturated heterocycles. The molecule has 4 rings (SSSR count). The van der Waals surface area contributed by atoms with Crippen LogP contribution < -0.4 is 4.90 Å². The minimum atomic E-state index is -0.144. The molecule has 0 unspecified atom stereocenters. The second-order valence-corrected chi connectivity index (χ2v) is 5.20. The van der Waals surface area contributed by atoms with Crippen LogP contribution in [0.15, 0.2) is 36.5 Å². The maximum absolute atomic E-state index is 12.4. The minimum Gasteiger partial charge on any atom is -0.274 e. The molecule has 1 aromatic rings. The van der Waals surface area contributed by atoms with Crippen molar-refractivity contribution in [3.05, 3.63) is 36.5 Å². The van der Waals surface area contributed by atoms with Gasteiger partial charge in [0.1, 0.15) is 5.82 Å². The normalized spacial score (nSPS) is 36.6. The van der Waals surface area contributed by atoms with Crippen LogP contribution in [0.3, 0.4) is 0 Å². The Labute approximate surface area is 104 Å². The molecule has 0 spiro atoms. The fourth-order valence-electron chi connectivity index (χ4n) is 3.61. The molecule has 4 nitrogen and oxygen atoms in total. The first-order valence-corrected chi connectivity index (χ1v) is 6.24. The van der Waals surface area contributed by atoms with E-state index in [1.807, 2.05) is 0 Å². The van der Waals surface area contributed by atoms with E-state index in [-0.39, 0.29) is 35.5 Å². The summed E-state index contributed by atoms with van der Waals surface area (Å²) in [6.07, 6.45) is 6.76. The van der Waals surface area contributed by atoms with Gasteiger partial charge in [0.05, 0.1) is 11.8 Å². The van der Waals surface area contributed by atoms with Gasteiger partial charge in [-0.3, -0.25) is 9.59 Å². The zero-order valence-electron chi connectivity index (χ0n) is 9.69. The first-order valence-electron chi connectivity index (χ1n) is 6.24.